The number of nitrogens with one attached hydrogen (secondary N) is 2. The minimum Gasteiger partial charge on any atom is -0.369 e. The van der Waals surface area contributed by atoms with Crippen LogP contribution in [0, 0.1) is 12.8 Å². The molecule has 1 aromatic rings. The predicted octanol–water partition coefficient (Wildman–Crippen LogP) is 1.62. The molecular formula is C20H32N4O. The Morgan fingerprint density at radius 2 is 1.96 bits per heavy atom. The molecule has 1 amide bonds. The summed E-state index contributed by atoms with van der Waals surface area (Å²) in [6.45, 7) is 10.4. The maximum atomic E-state index is 12.1. The molecule has 138 valence electrons. The Morgan fingerprint density at radius 1 is 1.20 bits per heavy atom. The first-order chi connectivity index (χ1) is 12.2. The van der Waals surface area contributed by atoms with Gasteiger partial charge in [0.05, 0.1) is 0 Å². The Bertz CT molecular complexity index is 548. The number of anilines is 1. The van der Waals surface area contributed by atoms with Crippen LogP contribution in [0.25, 0.3) is 0 Å². The van der Waals surface area contributed by atoms with Crippen molar-refractivity contribution in [2.24, 2.45) is 5.92 Å². The van der Waals surface area contributed by atoms with Crippen molar-refractivity contribution < 1.29 is 4.79 Å². The molecule has 2 aliphatic heterocycles. The van der Waals surface area contributed by atoms with Crippen molar-refractivity contribution in [3.05, 3.63) is 29.8 Å². The molecule has 3 rings (SSSR count). The predicted molar refractivity (Wildman–Crippen MR) is 103 cm³/mol. The van der Waals surface area contributed by atoms with Crippen molar-refractivity contribution in [3.8, 4) is 0 Å². The lowest BCUT2D eigenvalue weighted by Crippen LogP contribution is -2.47. The number of aryl methyl sites for hydroxylation is 1. The summed E-state index contributed by atoms with van der Waals surface area (Å²) in [4.78, 5) is 17.1. The summed E-state index contributed by atoms with van der Waals surface area (Å²) < 4.78 is 0. The minimum atomic E-state index is 0.221. The van der Waals surface area contributed by atoms with Crippen LogP contribution in [-0.4, -0.2) is 63.2 Å². The Labute approximate surface area is 151 Å². The molecule has 2 fully saturated rings. The molecule has 2 heterocycles. The van der Waals surface area contributed by atoms with Gasteiger partial charge in [-0.1, -0.05) is 12.1 Å². The molecule has 0 bridgehead atoms. The molecule has 2 aliphatic rings. The van der Waals surface area contributed by atoms with Crippen molar-refractivity contribution in [2.45, 2.75) is 26.2 Å². The first kappa shape index (κ1) is 18.2. The molecule has 2 saturated heterocycles. The monoisotopic (exact) mass is 344 g/mol. The number of carbonyl (C=O) groups is 1. The van der Waals surface area contributed by atoms with E-state index < -0.39 is 0 Å². The van der Waals surface area contributed by atoms with Gasteiger partial charge in [0, 0.05) is 44.3 Å². The van der Waals surface area contributed by atoms with E-state index in [2.05, 4.69) is 51.6 Å². The van der Waals surface area contributed by atoms with E-state index in [4.69, 9.17) is 0 Å². The van der Waals surface area contributed by atoms with E-state index in [1.807, 2.05) is 0 Å². The van der Waals surface area contributed by atoms with E-state index in [0.717, 1.165) is 71.6 Å². The van der Waals surface area contributed by atoms with Crippen molar-refractivity contribution in [1.29, 1.82) is 0 Å². The minimum absolute atomic E-state index is 0.221. The average molecular weight is 345 g/mol. The second-order valence-corrected chi connectivity index (χ2v) is 7.34. The standard InChI is InChI=1S/C20H32N4O/c1-17-4-2-5-19(16-17)24-14-12-23(13-15-24)11-3-8-22-20(25)18-6-9-21-10-7-18/h2,4-5,16,18,21H,3,6-15H2,1H3,(H,22,25). The van der Waals surface area contributed by atoms with Gasteiger partial charge in [0.25, 0.3) is 0 Å². The Morgan fingerprint density at radius 3 is 2.68 bits per heavy atom. The molecule has 0 radical (unpaired) electrons. The number of benzene rings is 1. The van der Waals surface area contributed by atoms with Gasteiger partial charge in [-0.25, -0.2) is 0 Å². The van der Waals surface area contributed by atoms with E-state index in [-0.39, 0.29) is 11.8 Å². The van der Waals surface area contributed by atoms with Crippen LogP contribution in [-0.2, 0) is 4.79 Å². The number of piperazine rings is 1. The summed E-state index contributed by atoms with van der Waals surface area (Å²) in [7, 11) is 0. The van der Waals surface area contributed by atoms with E-state index in [1.54, 1.807) is 0 Å². The molecule has 0 saturated carbocycles. The van der Waals surface area contributed by atoms with Gasteiger partial charge in [0.15, 0.2) is 0 Å². The number of hydrogen-bond donors (Lipinski definition) is 2. The Hall–Kier alpha value is -1.59. The molecule has 0 spiro atoms. The van der Waals surface area contributed by atoms with Crippen LogP contribution in [0.2, 0.25) is 0 Å². The van der Waals surface area contributed by atoms with Crippen LogP contribution in [0.5, 0.6) is 0 Å². The van der Waals surface area contributed by atoms with E-state index in [0.29, 0.717) is 0 Å². The molecule has 0 unspecified atom stereocenters. The zero-order valence-corrected chi connectivity index (χ0v) is 15.5. The van der Waals surface area contributed by atoms with Crippen LogP contribution < -0.4 is 15.5 Å². The zero-order valence-electron chi connectivity index (χ0n) is 15.5. The summed E-state index contributed by atoms with van der Waals surface area (Å²) in [5.74, 6) is 0.477. The van der Waals surface area contributed by atoms with Crippen LogP contribution >= 0.6 is 0 Å². The second kappa shape index (κ2) is 9.20. The molecule has 0 aromatic heterocycles. The highest BCUT2D eigenvalue weighted by molar-refractivity contribution is 5.78. The van der Waals surface area contributed by atoms with E-state index >= 15 is 0 Å². The largest absolute Gasteiger partial charge is 0.369 e. The average Bonchev–Trinajstić information content (AvgIpc) is 2.66. The number of nitrogens with zero attached hydrogens (tertiary/aromatic N) is 2. The van der Waals surface area contributed by atoms with Gasteiger partial charge in [-0.2, -0.15) is 0 Å². The summed E-state index contributed by atoms with van der Waals surface area (Å²) >= 11 is 0. The van der Waals surface area contributed by atoms with Gasteiger partial charge in [-0.3, -0.25) is 9.69 Å². The number of piperidine rings is 1. The highest BCUT2D eigenvalue weighted by atomic mass is 16.1. The highest BCUT2D eigenvalue weighted by Gasteiger charge is 2.20. The fourth-order valence-electron chi connectivity index (χ4n) is 3.80. The second-order valence-electron chi connectivity index (χ2n) is 7.34. The lowest BCUT2D eigenvalue weighted by molar-refractivity contribution is -0.125. The fourth-order valence-corrected chi connectivity index (χ4v) is 3.80. The molecule has 5 heteroatoms. The Kier molecular flexibility index (Phi) is 6.70. The first-order valence-electron chi connectivity index (χ1n) is 9.75. The van der Waals surface area contributed by atoms with Crippen LogP contribution in [0.1, 0.15) is 24.8 Å². The van der Waals surface area contributed by atoms with Gasteiger partial charge in [0.2, 0.25) is 5.91 Å². The number of amides is 1. The van der Waals surface area contributed by atoms with E-state index in [9.17, 15) is 4.79 Å². The van der Waals surface area contributed by atoms with Gasteiger partial charge < -0.3 is 15.5 Å². The third kappa shape index (κ3) is 5.44. The van der Waals surface area contributed by atoms with Gasteiger partial charge in [-0.15, -0.1) is 0 Å². The van der Waals surface area contributed by atoms with Crippen molar-refractivity contribution in [2.75, 3.05) is 57.3 Å². The molecule has 25 heavy (non-hydrogen) atoms. The quantitative estimate of drug-likeness (QED) is 0.770. The lowest BCUT2D eigenvalue weighted by Gasteiger charge is -2.36. The summed E-state index contributed by atoms with van der Waals surface area (Å²) in [5, 5.41) is 6.44. The highest BCUT2D eigenvalue weighted by Crippen LogP contribution is 2.17. The number of hydrogen-bond acceptors (Lipinski definition) is 4. The van der Waals surface area contributed by atoms with Crippen molar-refractivity contribution in [3.63, 3.8) is 0 Å². The molecule has 2 N–H and O–H groups in total. The normalized spacial score (nSPS) is 19.8. The van der Waals surface area contributed by atoms with Crippen LogP contribution in [0.3, 0.4) is 0 Å². The van der Waals surface area contributed by atoms with Crippen LogP contribution in [0.4, 0.5) is 5.69 Å². The lowest BCUT2D eigenvalue weighted by atomic mass is 9.97. The fraction of sp³-hybridized carbons (Fsp3) is 0.650. The van der Waals surface area contributed by atoms with Gasteiger partial charge in [0.1, 0.15) is 0 Å². The molecule has 1 aromatic carbocycles. The SMILES string of the molecule is Cc1cccc(N2CCN(CCCNC(=O)C3CCNCC3)CC2)c1. The summed E-state index contributed by atoms with van der Waals surface area (Å²) in [5.41, 5.74) is 2.67. The first-order valence-corrected chi connectivity index (χ1v) is 9.75. The number of rotatable bonds is 6. The summed E-state index contributed by atoms with van der Waals surface area (Å²) in [6.07, 6.45) is 3.00. The van der Waals surface area contributed by atoms with Gasteiger partial charge in [-0.05, 0) is 63.5 Å². The number of carbonyl (C=O) groups excluding carboxylic acids is 1. The summed E-state index contributed by atoms with van der Waals surface area (Å²) in [6, 6.07) is 8.77. The maximum Gasteiger partial charge on any atom is 0.223 e. The van der Waals surface area contributed by atoms with Crippen molar-refractivity contribution in [1.82, 2.24) is 15.5 Å². The van der Waals surface area contributed by atoms with Gasteiger partial charge >= 0.3 is 0 Å². The Balaban J connectivity index is 1.31. The molecule has 0 atom stereocenters. The smallest absolute Gasteiger partial charge is 0.223 e. The van der Waals surface area contributed by atoms with E-state index in [1.165, 1.54) is 11.3 Å². The molecule has 0 aliphatic carbocycles. The third-order valence-corrected chi connectivity index (χ3v) is 5.40. The van der Waals surface area contributed by atoms with Crippen molar-refractivity contribution >= 4 is 11.6 Å². The van der Waals surface area contributed by atoms with Crippen LogP contribution in [0.15, 0.2) is 24.3 Å². The molecule has 5 nitrogen and oxygen atoms in total. The zero-order chi connectivity index (χ0) is 17.5. The maximum absolute atomic E-state index is 12.1. The third-order valence-electron chi connectivity index (χ3n) is 5.40. The molecular weight excluding hydrogens is 312 g/mol. The topological polar surface area (TPSA) is 47.6 Å².